The molecular weight excluding hydrogens is 544 g/mol. The highest BCUT2D eigenvalue weighted by Gasteiger charge is 2.31. The highest BCUT2D eigenvalue weighted by Crippen LogP contribution is 2.37. The molecule has 0 aliphatic carbocycles. The molecule has 1 saturated heterocycles. The maximum absolute atomic E-state index is 13.2. The number of fused-ring (bicyclic) bond motifs is 3. The Hall–Kier alpha value is -4.28. The summed E-state index contributed by atoms with van der Waals surface area (Å²) in [4.78, 5) is 36.6. The highest BCUT2D eigenvalue weighted by atomic mass is 19.3. The molecule has 0 N–H and O–H groups in total. The Morgan fingerprint density at radius 3 is 2.38 bits per heavy atom. The lowest BCUT2D eigenvalue weighted by atomic mass is 9.96. The van der Waals surface area contributed by atoms with Crippen molar-refractivity contribution in [3.8, 4) is 16.9 Å². The largest absolute Gasteiger partial charge is 0.444 e. The zero-order valence-corrected chi connectivity index (χ0v) is 23.8. The van der Waals surface area contributed by atoms with E-state index in [9.17, 15) is 18.4 Å². The lowest BCUT2D eigenvalue weighted by molar-refractivity contribution is -0.0507. The van der Waals surface area contributed by atoms with Gasteiger partial charge in [-0.3, -0.25) is 9.48 Å². The number of piperidine rings is 1. The van der Waals surface area contributed by atoms with Gasteiger partial charge in [0, 0.05) is 49.1 Å². The van der Waals surface area contributed by atoms with E-state index >= 15 is 0 Å². The lowest BCUT2D eigenvalue weighted by Crippen LogP contribution is -2.41. The van der Waals surface area contributed by atoms with E-state index in [-0.39, 0.29) is 29.4 Å². The summed E-state index contributed by atoms with van der Waals surface area (Å²) in [6.07, 6.45) is 5.36. The van der Waals surface area contributed by atoms with Crippen molar-refractivity contribution in [1.29, 1.82) is 0 Å². The molecule has 4 heterocycles. The minimum atomic E-state index is -2.94. The average Bonchev–Trinajstić information content (AvgIpc) is 3.51. The maximum Gasteiger partial charge on any atom is 0.410 e. The molecule has 1 amide bonds. The third kappa shape index (κ3) is 5.35. The third-order valence-electron chi connectivity index (χ3n) is 7.89. The number of rotatable bonds is 5. The molecule has 2 aromatic carbocycles. The molecular formula is C31H33F2N5O4. The van der Waals surface area contributed by atoms with Gasteiger partial charge >= 0.3 is 12.7 Å². The predicted octanol–water partition coefficient (Wildman–Crippen LogP) is 5.97. The fourth-order valence-electron chi connectivity index (χ4n) is 5.95. The fraction of sp³-hybridized carbons (Fsp3) is 0.419. The quantitative estimate of drug-likeness (QED) is 0.290. The molecule has 2 aliphatic rings. The molecule has 1 unspecified atom stereocenters. The van der Waals surface area contributed by atoms with Gasteiger partial charge in [-0.05, 0) is 63.8 Å². The Morgan fingerprint density at radius 1 is 0.976 bits per heavy atom. The zero-order chi connectivity index (χ0) is 29.6. The minimum Gasteiger partial charge on any atom is -0.444 e. The number of amides is 1. The van der Waals surface area contributed by atoms with Gasteiger partial charge < -0.3 is 14.4 Å². The number of carbonyl (C=O) groups excluding carboxylic acids is 1. The summed E-state index contributed by atoms with van der Waals surface area (Å²) < 4.78 is 40.1. The fourth-order valence-corrected chi connectivity index (χ4v) is 5.95. The summed E-state index contributed by atoms with van der Waals surface area (Å²) in [6, 6.07) is 12.0. The van der Waals surface area contributed by atoms with Gasteiger partial charge in [0.05, 0.1) is 16.9 Å². The van der Waals surface area contributed by atoms with Gasteiger partial charge in [-0.15, -0.1) is 0 Å². The molecule has 6 rings (SSSR count). The number of benzene rings is 2. The van der Waals surface area contributed by atoms with E-state index in [0.717, 1.165) is 29.8 Å². The second kappa shape index (κ2) is 10.8. The maximum atomic E-state index is 13.2. The van der Waals surface area contributed by atoms with Crippen molar-refractivity contribution in [3.63, 3.8) is 0 Å². The summed E-state index contributed by atoms with van der Waals surface area (Å²) in [5, 5.41) is 0.560. The van der Waals surface area contributed by atoms with Crippen LogP contribution in [0.25, 0.3) is 22.0 Å². The Labute approximate surface area is 241 Å². The van der Waals surface area contributed by atoms with Crippen LogP contribution in [-0.4, -0.2) is 55.6 Å². The number of aromatic nitrogens is 4. The molecule has 0 saturated carbocycles. The van der Waals surface area contributed by atoms with Crippen LogP contribution in [0.3, 0.4) is 0 Å². The summed E-state index contributed by atoms with van der Waals surface area (Å²) >= 11 is 0. The molecule has 11 heteroatoms. The Balaban J connectivity index is 1.24. The zero-order valence-electron chi connectivity index (χ0n) is 23.8. The first-order chi connectivity index (χ1) is 20.1. The van der Waals surface area contributed by atoms with Crippen LogP contribution in [-0.2, 0) is 11.3 Å². The normalized spacial score (nSPS) is 17.6. The molecule has 42 heavy (non-hydrogen) atoms. The van der Waals surface area contributed by atoms with E-state index in [1.54, 1.807) is 46.2 Å². The van der Waals surface area contributed by atoms with Gasteiger partial charge in [0.2, 0.25) is 0 Å². The van der Waals surface area contributed by atoms with Crippen LogP contribution in [0.15, 0.2) is 59.7 Å². The second-order valence-electron chi connectivity index (χ2n) is 11.8. The lowest BCUT2D eigenvalue weighted by Gasteiger charge is -2.32. The summed E-state index contributed by atoms with van der Waals surface area (Å²) in [5.74, 6) is 0.988. The number of hydrogen-bond acceptors (Lipinski definition) is 6. The van der Waals surface area contributed by atoms with Gasteiger partial charge in [0.25, 0.3) is 5.56 Å². The number of nitrogens with zero attached hydrogens (tertiary/aromatic N) is 5. The molecule has 0 bridgehead atoms. The standard InChI is InChI=1S/C31H33F2N5O4/c1-31(2,3)42-30(40)36-13-10-19(11-14-36)27-34-17-21(18-35-27)20-8-9-23-25(16-20)38-24(12-15-37(38)28(23)39)22-6-4-5-7-26(22)41-29(32)33/h4-9,16-19,24,29H,10-15H2,1-3H3. The van der Waals surface area contributed by atoms with Crippen LogP contribution in [0.4, 0.5) is 13.6 Å². The van der Waals surface area contributed by atoms with Crippen molar-refractivity contribution < 1.29 is 23.0 Å². The predicted molar refractivity (Wildman–Crippen MR) is 153 cm³/mol. The minimum absolute atomic E-state index is 0.109. The topological polar surface area (TPSA) is 91.5 Å². The van der Waals surface area contributed by atoms with Crippen LogP contribution in [0.1, 0.15) is 63.4 Å². The number of halogens is 2. The molecule has 9 nitrogen and oxygen atoms in total. The molecule has 0 spiro atoms. The molecule has 2 aliphatic heterocycles. The molecule has 0 radical (unpaired) electrons. The van der Waals surface area contributed by atoms with Crippen molar-refractivity contribution in [2.24, 2.45) is 0 Å². The number of likely N-dealkylation sites (tertiary alicyclic amines) is 1. The first kappa shape index (κ1) is 27.9. The first-order valence-corrected chi connectivity index (χ1v) is 14.2. The molecule has 220 valence electrons. The molecule has 1 atom stereocenters. The van der Waals surface area contributed by atoms with Crippen molar-refractivity contribution in [3.05, 3.63) is 76.6 Å². The number of carbonyl (C=O) groups is 1. The van der Waals surface area contributed by atoms with Crippen LogP contribution < -0.4 is 10.3 Å². The first-order valence-electron chi connectivity index (χ1n) is 14.2. The third-order valence-corrected chi connectivity index (χ3v) is 7.89. The van der Waals surface area contributed by atoms with Crippen LogP contribution in [0.2, 0.25) is 0 Å². The van der Waals surface area contributed by atoms with E-state index in [1.807, 2.05) is 37.6 Å². The van der Waals surface area contributed by atoms with Crippen LogP contribution in [0.5, 0.6) is 5.75 Å². The number of para-hydroxylation sites is 1. The number of ether oxygens (including phenoxy) is 2. The average molecular weight is 578 g/mol. The second-order valence-corrected chi connectivity index (χ2v) is 11.8. The van der Waals surface area contributed by atoms with Crippen molar-refractivity contribution in [1.82, 2.24) is 24.2 Å². The smallest absolute Gasteiger partial charge is 0.410 e. The Kier molecular flexibility index (Phi) is 7.20. The molecule has 2 aromatic heterocycles. The summed E-state index contributed by atoms with van der Waals surface area (Å²) in [7, 11) is 0. The van der Waals surface area contributed by atoms with E-state index in [0.29, 0.717) is 42.5 Å². The van der Waals surface area contributed by atoms with E-state index < -0.39 is 12.2 Å². The number of alkyl halides is 2. The summed E-state index contributed by atoms with van der Waals surface area (Å²) in [6.45, 7) is 4.28. The van der Waals surface area contributed by atoms with E-state index in [2.05, 4.69) is 9.97 Å². The van der Waals surface area contributed by atoms with Gasteiger partial charge in [0.15, 0.2) is 0 Å². The number of hydrogen-bond donors (Lipinski definition) is 0. The van der Waals surface area contributed by atoms with Crippen LogP contribution in [0, 0.1) is 0 Å². The molecule has 1 fully saturated rings. The van der Waals surface area contributed by atoms with Gasteiger partial charge in [-0.25, -0.2) is 19.4 Å². The Bertz CT molecular complexity index is 1670. The van der Waals surface area contributed by atoms with Gasteiger partial charge in [0.1, 0.15) is 17.2 Å². The van der Waals surface area contributed by atoms with Crippen molar-refractivity contribution in [2.75, 3.05) is 13.1 Å². The van der Waals surface area contributed by atoms with E-state index in [4.69, 9.17) is 9.47 Å². The Morgan fingerprint density at radius 2 is 1.69 bits per heavy atom. The molecule has 4 aromatic rings. The van der Waals surface area contributed by atoms with E-state index in [1.165, 1.54) is 6.07 Å². The summed E-state index contributed by atoms with van der Waals surface area (Å²) in [5.41, 5.74) is 2.32. The SMILES string of the molecule is CC(C)(C)OC(=O)N1CCC(c2ncc(-c3ccc4c(=O)n5n(c4c3)C(c3ccccc3OC(F)F)CC5)cn2)CC1. The van der Waals surface area contributed by atoms with Gasteiger partial charge in [-0.2, -0.15) is 8.78 Å². The monoisotopic (exact) mass is 577 g/mol. The van der Waals surface area contributed by atoms with Crippen molar-refractivity contribution in [2.45, 2.75) is 70.8 Å². The van der Waals surface area contributed by atoms with Crippen molar-refractivity contribution >= 4 is 17.0 Å². The van der Waals surface area contributed by atoms with Crippen LogP contribution >= 0.6 is 0 Å². The van der Waals surface area contributed by atoms with Gasteiger partial charge in [-0.1, -0.05) is 24.3 Å². The highest BCUT2D eigenvalue weighted by molar-refractivity contribution is 5.84.